The average molecular weight is 295 g/mol. The maximum absolute atomic E-state index is 12.7. The third kappa shape index (κ3) is 2.11. The number of rotatable bonds is 4. The van der Waals surface area contributed by atoms with Gasteiger partial charge in [0.15, 0.2) is 0 Å². The van der Waals surface area contributed by atoms with E-state index in [1.54, 1.807) is 18.2 Å². The Morgan fingerprint density at radius 3 is 2.70 bits per heavy atom. The van der Waals surface area contributed by atoms with Crippen LogP contribution in [0.2, 0.25) is 0 Å². The van der Waals surface area contributed by atoms with Crippen LogP contribution in [0.25, 0.3) is 0 Å². The molecule has 0 radical (unpaired) electrons. The van der Waals surface area contributed by atoms with Crippen molar-refractivity contribution in [3.05, 3.63) is 23.8 Å². The molecule has 7 heteroatoms. The number of fused-ring (bicyclic) bond motifs is 1. The second-order valence-corrected chi connectivity index (χ2v) is 6.95. The van der Waals surface area contributed by atoms with Crippen LogP contribution in [0.5, 0.6) is 0 Å². The minimum atomic E-state index is -3.50. The van der Waals surface area contributed by atoms with Crippen LogP contribution in [-0.2, 0) is 21.2 Å². The number of hydrogen-bond donors (Lipinski definition) is 2. The van der Waals surface area contributed by atoms with Crippen molar-refractivity contribution in [2.45, 2.75) is 24.3 Å². The summed E-state index contributed by atoms with van der Waals surface area (Å²) in [6.07, 6.45) is 0.246. The van der Waals surface area contributed by atoms with E-state index in [0.29, 0.717) is 25.3 Å². The van der Waals surface area contributed by atoms with Gasteiger partial charge in [0.05, 0.1) is 11.3 Å². The second-order valence-electron chi connectivity index (χ2n) is 5.06. The first kappa shape index (κ1) is 13.5. The molecule has 1 aromatic carbocycles. The number of anilines is 1. The number of carbonyl (C=O) groups is 1. The predicted octanol–water partition coefficient (Wildman–Crippen LogP) is 0.164. The van der Waals surface area contributed by atoms with Crippen molar-refractivity contribution in [1.82, 2.24) is 9.62 Å². The lowest BCUT2D eigenvalue weighted by Gasteiger charge is -2.36. The van der Waals surface area contributed by atoms with Crippen molar-refractivity contribution in [2.24, 2.45) is 0 Å². The van der Waals surface area contributed by atoms with Crippen molar-refractivity contribution in [1.29, 1.82) is 0 Å². The van der Waals surface area contributed by atoms with E-state index in [1.807, 2.05) is 6.92 Å². The molecule has 0 atom stereocenters. The summed E-state index contributed by atoms with van der Waals surface area (Å²) in [4.78, 5) is 11.6. The van der Waals surface area contributed by atoms with Crippen LogP contribution >= 0.6 is 0 Å². The smallest absolute Gasteiger partial charge is 0.243 e. The standard InChI is InChI=1S/C13H17N3O3S/c1-2-16(10-7-14-8-10)20(18,19)11-3-4-12-9(5-11)6-13(17)15-12/h3-5,10,14H,2,6-8H2,1H3,(H,15,17). The normalized spacial score (nSPS) is 18.8. The molecule has 2 N–H and O–H groups in total. The molecule has 2 aliphatic rings. The van der Waals surface area contributed by atoms with Gasteiger partial charge in [-0.25, -0.2) is 8.42 Å². The molecule has 0 bridgehead atoms. The van der Waals surface area contributed by atoms with Gasteiger partial charge in [0.1, 0.15) is 0 Å². The van der Waals surface area contributed by atoms with Crippen LogP contribution in [0, 0.1) is 0 Å². The summed E-state index contributed by atoms with van der Waals surface area (Å²) < 4.78 is 26.9. The molecule has 20 heavy (non-hydrogen) atoms. The highest BCUT2D eigenvalue weighted by Crippen LogP contribution is 2.28. The maximum atomic E-state index is 12.7. The van der Waals surface area contributed by atoms with Gasteiger partial charge >= 0.3 is 0 Å². The molecular formula is C13H17N3O3S. The highest BCUT2D eigenvalue weighted by atomic mass is 32.2. The molecule has 1 saturated heterocycles. The molecule has 1 fully saturated rings. The third-order valence-electron chi connectivity index (χ3n) is 3.79. The molecule has 0 aromatic heterocycles. The van der Waals surface area contributed by atoms with Crippen molar-refractivity contribution in [3.63, 3.8) is 0 Å². The zero-order chi connectivity index (χ0) is 14.3. The fourth-order valence-electron chi connectivity index (χ4n) is 2.60. The number of likely N-dealkylation sites (N-methyl/N-ethyl adjacent to an activating group) is 1. The maximum Gasteiger partial charge on any atom is 0.243 e. The van der Waals surface area contributed by atoms with Gasteiger partial charge in [-0.1, -0.05) is 6.92 Å². The summed E-state index contributed by atoms with van der Waals surface area (Å²) in [5, 5.41) is 5.79. The van der Waals surface area contributed by atoms with Gasteiger partial charge in [0.2, 0.25) is 15.9 Å². The first-order valence-electron chi connectivity index (χ1n) is 6.67. The van der Waals surface area contributed by atoms with E-state index in [0.717, 1.165) is 5.56 Å². The van der Waals surface area contributed by atoms with Crippen molar-refractivity contribution in [2.75, 3.05) is 25.0 Å². The largest absolute Gasteiger partial charge is 0.326 e. The molecule has 108 valence electrons. The number of carbonyl (C=O) groups excluding carboxylic acids is 1. The zero-order valence-corrected chi connectivity index (χ0v) is 12.0. The summed E-state index contributed by atoms with van der Waals surface area (Å²) in [5.74, 6) is -0.0925. The first-order valence-corrected chi connectivity index (χ1v) is 8.11. The molecule has 1 aromatic rings. The topological polar surface area (TPSA) is 78.5 Å². The number of amides is 1. The van der Waals surface area contributed by atoms with Gasteiger partial charge in [-0.3, -0.25) is 4.79 Å². The molecule has 3 rings (SSSR count). The lowest BCUT2D eigenvalue weighted by atomic mass is 10.2. The van der Waals surface area contributed by atoms with Crippen molar-refractivity contribution >= 4 is 21.6 Å². The Hall–Kier alpha value is -1.44. The lowest BCUT2D eigenvalue weighted by molar-refractivity contribution is -0.115. The van der Waals surface area contributed by atoms with E-state index in [2.05, 4.69) is 10.6 Å². The number of nitrogens with zero attached hydrogens (tertiary/aromatic N) is 1. The monoisotopic (exact) mass is 295 g/mol. The lowest BCUT2D eigenvalue weighted by Crippen LogP contribution is -2.58. The van der Waals surface area contributed by atoms with Crippen LogP contribution in [0.15, 0.2) is 23.1 Å². The highest BCUT2D eigenvalue weighted by Gasteiger charge is 2.34. The van der Waals surface area contributed by atoms with E-state index in [-0.39, 0.29) is 23.3 Å². The minimum Gasteiger partial charge on any atom is -0.326 e. The molecule has 0 unspecified atom stereocenters. The van der Waals surface area contributed by atoms with E-state index >= 15 is 0 Å². The first-order chi connectivity index (χ1) is 9.52. The Morgan fingerprint density at radius 1 is 1.35 bits per heavy atom. The number of nitrogens with one attached hydrogen (secondary N) is 2. The van der Waals surface area contributed by atoms with Crippen molar-refractivity contribution < 1.29 is 13.2 Å². The molecule has 1 amide bonds. The average Bonchev–Trinajstić information content (AvgIpc) is 2.71. The van der Waals surface area contributed by atoms with Gasteiger partial charge in [0, 0.05) is 31.4 Å². The van der Waals surface area contributed by atoms with Crippen LogP contribution in [0.4, 0.5) is 5.69 Å². The zero-order valence-electron chi connectivity index (χ0n) is 11.2. The van der Waals surface area contributed by atoms with Gasteiger partial charge in [0.25, 0.3) is 0 Å². The van der Waals surface area contributed by atoms with Gasteiger partial charge in [-0.2, -0.15) is 4.31 Å². The van der Waals surface area contributed by atoms with E-state index in [4.69, 9.17) is 0 Å². The second kappa shape index (κ2) is 4.83. The number of hydrogen-bond acceptors (Lipinski definition) is 4. The number of sulfonamides is 1. The highest BCUT2D eigenvalue weighted by molar-refractivity contribution is 7.89. The van der Waals surface area contributed by atoms with E-state index < -0.39 is 10.0 Å². The Kier molecular flexibility index (Phi) is 3.27. The van der Waals surface area contributed by atoms with Crippen LogP contribution in [0.3, 0.4) is 0 Å². The molecule has 0 spiro atoms. The van der Waals surface area contributed by atoms with Gasteiger partial charge in [-0.05, 0) is 23.8 Å². The van der Waals surface area contributed by atoms with Gasteiger partial charge < -0.3 is 10.6 Å². The van der Waals surface area contributed by atoms with Crippen LogP contribution < -0.4 is 10.6 Å². The molecule has 0 saturated carbocycles. The fraction of sp³-hybridized carbons (Fsp3) is 0.462. The van der Waals surface area contributed by atoms with E-state index in [9.17, 15) is 13.2 Å². The Labute approximate surface area is 118 Å². The Bertz CT molecular complexity index is 653. The van der Waals surface area contributed by atoms with Crippen molar-refractivity contribution in [3.8, 4) is 0 Å². The SMILES string of the molecule is CCN(C1CNC1)S(=O)(=O)c1ccc2c(c1)CC(=O)N2. The molecular weight excluding hydrogens is 278 g/mol. The predicted molar refractivity (Wildman–Crippen MR) is 75.0 cm³/mol. The molecule has 2 aliphatic heterocycles. The summed E-state index contributed by atoms with van der Waals surface area (Å²) >= 11 is 0. The fourth-order valence-corrected chi connectivity index (χ4v) is 4.29. The summed E-state index contributed by atoms with van der Waals surface area (Å²) in [7, 11) is -3.50. The minimum absolute atomic E-state index is 0.0259. The third-order valence-corrected chi connectivity index (χ3v) is 5.81. The van der Waals surface area contributed by atoms with E-state index in [1.165, 1.54) is 4.31 Å². The molecule has 6 nitrogen and oxygen atoms in total. The quantitative estimate of drug-likeness (QED) is 0.829. The summed E-state index contributed by atoms with van der Waals surface area (Å²) in [6, 6.07) is 4.87. The molecule has 2 heterocycles. The number of benzene rings is 1. The Balaban J connectivity index is 1.95. The van der Waals surface area contributed by atoms with Gasteiger partial charge in [-0.15, -0.1) is 0 Å². The van der Waals surface area contributed by atoms with Crippen LogP contribution in [0.1, 0.15) is 12.5 Å². The Morgan fingerprint density at radius 2 is 2.10 bits per heavy atom. The molecule has 0 aliphatic carbocycles. The van der Waals surface area contributed by atoms with Crippen LogP contribution in [-0.4, -0.2) is 44.3 Å². The summed E-state index contributed by atoms with van der Waals surface area (Å²) in [6.45, 7) is 3.67. The summed E-state index contributed by atoms with van der Waals surface area (Å²) in [5.41, 5.74) is 1.46.